The standard InChI is InChI=1S/C12H16O2.2C2H6/c1-10-6-8-11(9-7-10)4-3-5-12(13)14-2;2*1-2/h6-9H,3-5H2,1-2H3;2*1-2H3. The Labute approximate surface area is 112 Å². The van der Waals surface area contributed by atoms with Crippen LogP contribution in [0.1, 0.15) is 51.7 Å². The molecule has 0 radical (unpaired) electrons. The third-order valence-corrected chi connectivity index (χ3v) is 2.19. The minimum atomic E-state index is -0.128. The number of benzene rings is 1. The molecule has 0 fully saturated rings. The van der Waals surface area contributed by atoms with Gasteiger partial charge in [0.1, 0.15) is 0 Å². The van der Waals surface area contributed by atoms with Gasteiger partial charge in [0.05, 0.1) is 7.11 Å². The highest BCUT2D eigenvalue weighted by atomic mass is 16.5. The predicted molar refractivity (Wildman–Crippen MR) is 78.8 cm³/mol. The second-order valence-corrected chi connectivity index (χ2v) is 3.42. The van der Waals surface area contributed by atoms with Crippen molar-refractivity contribution in [1.29, 1.82) is 0 Å². The molecule has 104 valence electrons. The van der Waals surface area contributed by atoms with Gasteiger partial charge in [0.2, 0.25) is 0 Å². The molecule has 0 aromatic heterocycles. The summed E-state index contributed by atoms with van der Waals surface area (Å²) in [7, 11) is 1.42. The molecule has 0 atom stereocenters. The maximum atomic E-state index is 10.8. The summed E-state index contributed by atoms with van der Waals surface area (Å²) < 4.78 is 4.57. The molecule has 1 aromatic rings. The molecule has 0 spiro atoms. The Balaban J connectivity index is 0. The van der Waals surface area contributed by atoms with Gasteiger partial charge in [-0.05, 0) is 25.3 Å². The van der Waals surface area contributed by atoms with Crippen molar-refractivity contribution in [2.24, 2.45) is 0 Å². The molecule has 0 unspecified atom stereocenters. The summed E-state index contributed by atoms with van der Waals surface area (Å²) in [6, 6.07) is 8.39. The van der Waals surface area contributed by atoms with Crippen molar-refractivity contribution in [2.45, 2.75) is 53.9 Å². The van der Waals surface area contributed by atoms with Gasteiger partial charge in [-0.2, -0.15) is 0 Å². The number of rotatable bonds is 4. The highest BCUT2D eigenvalue weighted by molar-refractivity contribution is 5.69. The van der Waals surface area contributed by atoms with E-state index in [1.165, 1.54) is 18.2 Å². The molecular weight excluding hydrogens is 224 g/mol. The smallest absolute Gasteiger partial charge is 0.305 e. The second kappa shape index (κ2) is 13.8. The first-order valence-electron chi connectivity index (χ1n) is 6.84. The SMILES string of the molecule is CC.CC.COC(=O)CCCc1ccc(C)cc1. The van der Waals surface area contributed by atoms with E-state index in [2.05, 4.69) is 35.9 Å². The van der Waals surface area contributed by atoms with E-state index < -0.39 is 0 Å². The number of carbonyl (C=O) groups excluding carboxylic acids is 1. The Morgan fingerprint density at radius 1 is 1.06 bits per heavy atom. The van der Waals surface area contributed by atoms with Gasteiger partial charge in [-0.15, -0.1) is 0 Å². The fraction of sp³-hybridized carbons (Fsp3) is 0.562. The summed E-state index contributed by atoms with van der Waals surface area (Å²) in [4.78, 5) is 10.8. The molecule has 0 aliphatic rings. The largest absolute Gasteiger partial charge is 0.469 e. The van der Waals surface area contributed by atoms with Crippen LogP contribution in [0.4, 0.5) is 0 Å². The minimum Gasteiger partial charge on any atom is -0.469 e. The number of ether oxygens (including phenoxy) is 1. The molecular formula is C16H28O2. The first-order chi connectivity index (χ1) is 8.72. The van der Waals surface area contributed by atoms with E-state index in [-0.39, 0.29) is 5.97 Å². The van der Waals surface area contributed by atoms with Crippen LogP contribution in [0.5, 0.6) is 0 Å². The second-order valence-electron chi connectivity index (χ2n) is 3.42. The molecule has 0 bridgehead atoms. The fourth-order valence-corrected chi connectivity index (χ4v) is 1.29. The highest BCUT2D eigenvalue weighted by Gasteiger charge is 1.99. The maximum absolute atomic E-state index is 10.8. The van der Waals surface area contributed by atoms with Crippen molar-refractivity contribution in [3.63, 3.8) is 0 Å². The number of hydrogen-bond acceptors (Lipinski definition) is 2. The number of esters is 1. The lowest BCUT2D eigenvalue weighted by Gasteiger charge is -2.01. The van der Waals surface area contributed by atoms with Crippen LogP contribution >= 0.6 is 0 Å². The summed E-state index contributed by atoms with van der Waals surface area (Å²) in [5.41, 5.74) is 2.54. The maximum Gasteiger partial charge on any atom is 0.305 e. The van der Waals surface area contributed by atoms with Gasteiger partial charge in [-0.3, -0.25) is 4.79 Å². The van der Waals surface area contributed by atoms with Crippen molar-refractivity contribution < 1.29 is 9.53 Å². The molecule has 0 amide bonds. The number of aryl methyl sites for hydroxylation is 2. The third-order valence-electron chi connectivity index (χ3n) is 2.19. The topological polar surface area (TPSA) is 26.3 Å². The molecule has 0 saturated heterocycles. The number of methoxy groups -OCH3 is 1. The average Bonchev–Trinajstić information content (AvgIpc) is 2.45. The lowest BCUT2D eigenvalue weighted by molar-refractivity contribution is -0.140. The van der Waals surface area contributed by atoms with E-state index in [1.54, 1.807) is 0 Å². The Kier molecular flexibility index (Phi) is 14.5. The first kappa shape index (κ1) is 19.0. The third kappa shape index (κ3) is 9.88. The van der Waals surface area contributed by atoms with Gasteiger partial charge in [0.15, 0.2) is 0 Å². The van der Waals surface area contributed by atoms with Crippen LogP contribution in [-0.2, 0) is 16.0 Å². The van der Waals surface area contributed by atoms with Crippen LogP contribution in [0.15, 0.2) is 24.3 Å². The predicted octanol–water partition coefficient (Wildman–Crippen LogP) is 4.54. The molecule has 0 aliphatic carbocycles. The van der Waals surface area contributed by atoms with Gasteiger partial charge < -0.3 is 4.74 Å². The van der Waals surface area contributed by atoms with Crippen molar-refractivity contribution in [3.8, 4) is 0 Å². The van der Waals surface area contributed by atoms with Gasteiger partial charge in [0, 0.05) is 6.42 Å². The molecule has 2 nitrogen and oxygen atoms in total. The molecule has 0 heterocycles. The lowest BCUT2D eigenvalue weighted by atomic mass is 10.1. The fourth-order valence-electron chi connectivity index (χ4n) is 1.29. The number of carbonyl (C=O) groups is 1. The molecule has 0 N–H and O–H groups in total. The summed E-state index contributed by atoms with van der Waals surface area (Å²) in [6.07, 6.45) is 2.30. The summed E-state index contributed by atoms with van der Waals surface area (Å²) >= 11 is 0. The Morgan fingerprint density at radius 3 is 2.00 bits per heavy atom. The van der Waals surface area contributed by atoms with Crippen LogP contribution in [0, 0.1) is 6.92 Å². The summed E-state index contributed by atoms with van der Waals surface area (Å²) in [5, 5.41) is 0. The molecule has 1 rings (SSSR count). The Hall–Kier alpha value is -1.31. The highest BCUT2D eigenvalue weighted by Crippen LogP contribution is 2.07. The lowest BCUT2D eigenvalue weighted by Crippen LogP contribution is -2.00. The number of hydrogen-bond donors (Lipinski definition) is 0. The van der Waals surface area contributed by atoms with Crippen LogP contribution in [-0.4, -0.2) is 13.1 Å². The van der Waals surface area contributed by atoms with Crippen LogP contribution in [0.2, 0.25) is 0 Å². The minimum absolute atomic E-state index is 0.128. The van der Waals surface area contributed by atoms with Crippen molar-refractivity contribution in [3.05, 3.63) is 35.4 Å². The zero-order valence-electron chi connectivity index (χ0n) is 12.7. The molecule has 18 heavy (non-hydrogen) atoms. The van der Waals surface area contributed by atoms with Gasteiger partial charge in [-0.25, -0.2) is 0 Å². The van der Waals surface area contributed by atoms with Gasteiger partial charge in [0.25, 0.3) is 0 Å². The molecule has 0 saturated carbocycles. The zero-order chi connectivity index (χ0) is 14.4. The van der Waals surface area contributed by atoms with Crippen molar-refractivity contribution in [2.75, 3.05) is 7.11 Å². The van der Waals surface area contributed by atoms with E-state index in [4.69, 9.17) is 0 Å². The summed E-state index contributed by atoms with van der Waals surface area (Å²) in [5.74, 6) is -0.128. The van der Waals surface area contributed by atoms with E-state index >= 15 is 0 Å². The van der Waals surface area contributed by atoms with E-state index in [9.17, 15) is 4.79 Å². The first-order valence-corrected chi connectivity index (χ1v) is 6.84. The van der Waals surface area contributed by atoms with Gasteiger partial charge >= 0.3 is 5.97 Å². The van der Waals surface area contributed by atoms with Crippen molar-refractivity contribution >= 4 is 5.97 Å². The van der Waals surface area contributed by atoms with Crippen molar-refractivity contribution in [1.82, 2.24) is 0 Å². The zero-order valence-corrected chi connectivity index (χ0v) is 12.7. The quantitative estimate of drug-likeness (QED) is 0.735. The van der Waals surface area contributed by atoms with E-state index in [0.717, 1.165) is 12.8 Å². The molecule has 0 aliphatic heterocycles. The van der Waals surface area contributed by atoms with Crippen LogP contribution < -0.4 is 0 Å². The summed E-state index contributed by atoms with van der Waals surface area (Å²) in [6.45, 7) is 10.1. The Bertz CT molecular complexity index is 288. The average molecular weight is 252 g/mol. The Morgan fingerprint density at radius 2 is 1.56 bits per heavy atom. The normalized spacial score (nSPS) is 8.33. The molecule has 2 heteroatoms. The monoisotopic (exact) mass is 252 g/mol. The van der Waals surface area contributed by atoms with E-state index in [0.29, 0.717) is 6.42 Å². The van der Waals surface area contributed by atoms with E-state index in [1.807, 2.05) is 27.7 Å². The van der Waals surface area contributed by atoms with Crippen LogP contribution in [0.3, 0.4) is 0 Å². The van der Waals surface area contributed by atoms with Crippen LogP contribution in [0.25, 0.3) is 0 Å². The molecule has 1 aromatic carbocycles. The van der Waals surface area contributed by atoms with Gasteiger partial charge in [-0.1, -0.05) is 57.5 Å².